The first-order chi connectivity index (χ1) is 11.9. The van der Waals surface area contributed by atoms with Gasteiger partial charge in [0, 0.05) is 26.2 Å². The highest BCUT2D eigenvalue weighted by atomic mass is 16.5. The molecule has 1 atom stereocenters. The molecule has 0 unspecified atom stereocenters. The molecule has 2 aromatic heterocycles. The Morgan fingerprint density at radius 3 is 2.80 bits per heavy atom. The molecule has 3 heterocycles. The van der Waals surface area contributed by atoms with Crippen LogP contribution in [0.15, 0.2) is 6.07 Å². The van der Waals surface area contributed by atoms with Crippen LogP contribution >= 0.6 is 0 Å². The standard InChI is InChI=1S/C16H25N7O2/c1-11-7-15(21(4)19-11)18-16(24)10-22-5-6-25-14(8-22)9-23-13(3)17-12(2)20-23/h7,14H,5-6,8-10H2,1-4H3,(H,18,24)/t14-/m0/s1. The SMILES string of the molecule is Cc1cc(NC(=O)CN2CCO[C@H](Cn3nc(C)nc3C)C2)n(C)n1. The van der Waals surface area contributed by atoms with Crippen molar-refractivity contribution in [1.29, 1.82) is 0 Å². The van der Waals surface area contributed by atoms with E-state index < -0.39 is 0 Å². The molecule has 2 aromatic rings. The van der Waals surface area contributed by atoms with Gasteiger partial charge in [0.05, 0.1) is 31.5 Å². The zero-order chi connectivity index (χ0) is 18.0. The average molecular weight is 347 g/mol. The summed E-state index contributed by atoms with van der Waals surface area (Å²) in [5.74, 6) is 2.30. The van der Waals surface area contributed by atoms with E-state index in [-0.39, 0.29) is 12.0 Å². The van der Waals surface area contributed by atoms with Gasteiger partial charge in [0.15, 0.2) is 0 Å². The third kappa shape index (κ3) is 4.43. The van der Waals surface area contributed by atoms with Crippen LogP contribution in [0.25, 0.3) is 0 Å². The fourth-order valence-electron chi connectivity index (χ4n) is 3.07. The Hall–Kier alpha value is -2.26. The lowest BCUT2D eigenvalue weighted by molar-refractivity contribution is -0.119. The Balaban J connectivity index is 1.53. The van der Waals surface area contributed by atoms with E-state index in [1.807, 2.05) is 38.6 Å². The molecule has 1 N–H and O–H groups in total. The predicted octanol–water partition coefficient (Wildman–Crippen LogP) is 0.276. The molecule has 0 saturated carbocycles. The van der Waals surface area contributed by atoms with Gasteiger partial charge in [-0.25, -0.2) is 9.67 Å². The van der Waals surface area contributed by atoms with Gasteiger partial charge in [0.1, 0.15) is 17.5 Å². The van der Waals surface area contributed by atoms with Gasteiger partial charge in [0.25, 0.3) is 0 Å². The zero-order valence-corrected chi connectivity index (χ0v) is 15.2. The van der Waals surface area contributed by atoms with Crippen molar-refractivity contribution >= 4 is 11.7 Å². The maximum absolute atomic E-state index is 12.3. The van der Waals surface area contributed by atoms with Crippen LogP contribution in [-0.2, 0) is 23.1 Å². The van der Waals surface area contributed by atoms with Gasteiger partial charge in [-0.05, 0) is 20.8 Å². The second kappa shape index (κ2) is 7.32. The molecule has 0 spiro atoms. The summed E-state index contributed by atoms with van der Waals surface area (Å²) in [5, 5.41) is 11.5. The first-order valence-corrected chi connectivity index (χ1v) is 8.43. The van der Waals surface area contributed by atoms with E-state index in [4.69, 9.17) is 4.74 Å². The lowest BCUT2D eigenvalue weighted by Gasteiger charge is -2.32. The van der Waals surface area contributed by atoms with E-state index in [2.05, 4.69) is 25.4 Å². The van der Waals surface area contributed by atoms with E-state index in [0.717, 1.165) is 23.9 Å². The lowest BCUT2D eigenvalue weighted by atomic mass is 10.2. The van der Waals surface area contributed by atoms with Crippen molar-refractivity contribution in [2.24, 2.45) is 7.05 Å². The third-order valence-corrected chi connectivity index (χ3v) is 4.20. The molecule has 1 aliphatic rings. The number of hydrogen-bond donors (Lipinski definition) is 1. The number of nitrogens with one attached hydrogen (secondary N) is 1. The van der Waals surface area contributed by atoms with E-state index >= 15 is 0 Å². The van der Waals surface area contributed by atoms with Crippen LogP contribution in [0.5, 0.6) is 0 Å². The molecule has 9 nitrogen and oxygen atoms in total. The van der Waals surface area contributed by atoms with Gasteiger partial charge in [-0.3, -0.25) is 14.4 Å². The number of aromatic nitrogens is 5. The van der Waals surface area contributed by atoms with Crippen LogP contribution in [0.2, 0.25) is 0 Å². The monoisotopic (exact) mass is 347 g/mol. The van der Waals surface area contributed by atoms with Crippen LogP contribution in [0.3, 0.4) is 0 Å². The molecule has 1 aliphatic heterocycles. The highest BCUT2D eigenvalue weighted by Gasteiger charge is 2.23. The Morgan fingerprint density at radius 1 is 1.36 bits per heavy atom. The molecular formula is C16H25N7O2. The third-order valence-electron chi connectivity index (χ3n) is 4.20. The summed E-state index contributed by atoms with van der Waals surface area (Å²) in [6.45, 7) is 8.72. The molecule has 1 amide bonds. The van der Waals surface area contributed by atoms with Crippen LogP contribution in [-0.4, -0.2) is 67.7 Å². The van der Waals surface area contributed by atoms with E-state index in [9.17, 15) is 4.79 Å². The van der Waals surface area contributed by atoms with Crippen molar-refractivity contribution in [2.75, 3.05) is 31.6 Å². The van der Waals surface area contributed by atoms with Gasteiger partial charge in [-0.2, -0.15) is 10.2 Å². The first-order valence-electron chi connectivity index (χ1n) is 8.43. The van der Waals surface area contributed by atoms with Gasteiger partial charge in [0.2, 0.25) is 5.91 Å². The van der Waals surface area contributed by atoms with Crippen LogP contribution in [0, 0.1) is 20.8 Å². The Kier molecular flexibility index (Phi) is 5.14. The van der Waals surface area contributed by atoms with Crippen molar-refractivity contribution < 1.29 is 9.53 Å². The van der Waals surface area contributed by atoms with E-state index in [1.54, 1.807) is 4.68 Å². The summed E-state index contributed by atoms with van der Waals surface area (Å²) in [6.07, 6.45) is 0.000275. The normalized spacial score (nSPS) is 18.5. The number of rotatable bonds is 5. The maximum Gasteiger partial charge on any atom is 0.239 e. The molecule has 1 fully saturated rings. The number of carbonyl (C=O) groups excluding carboxylic acids is 1. The van der Waals surface area contributed by atoms with Crippen molar-refractivity contribution in [3.8, 4) is 0 Å². The minimum Gasteiger partial charge on any atom is -0.374 e. The predicted molar refractivity (Wildman–Crippen MR) is 92.3 cm³/mol. The fourth-order valence-corrected chi connectivity index (χ4v) is 3.07. The molecule has 9 heteroatoms. The van der Waals surface area contributed by atoms with Crippen molar-refractivity contribution in [3.05, 3.63) is 23.4 Å². The number of morpholine rings is 1. The topological polar surface area (TPSA) is 90.1 Å². The van der Waals surface area contributed by atoms with Crippen LogP contribution < -0.4 is 5.32 Å². The van der Waals surface area contributed by atoms with E-state index in [1.165, 1.54) is 0 Å². The number of ether oxygens (including phenoxy) is 1. The molecule has 1 saturated heterocycles. The minimum atomic E-state index is -0.0450. The quantitative estimate of drug-likeness (QED) is 0.835. The molecule has 136 valence electrons. The Labute approximate surface area is 147 Å². The van der Waals surface area contributed by atoms with Crippen molar-refractivity contribution in [3.63, 3.8) is 0 Å². The summed E-state index contributed by atoms with van der Waals surface area (Å²) in [6, 6.07) is 1.86. The number of anilines is 1. The van der Waals surface area contributed by atoms with Gasteiger partial charge in [-0.1, -0.05) is 0 Å². The minimum absolute atomic E-state index is 0.000275. The summed E-state index contributed by atoms with van der Waals surface area (Å²) >= 11 is 0. The molecule has 25 heavy (non-hydrogen) atoms. The number of nitrogens with zero attached hydrogens (tertiary/aromatic N) is 6. The summed E-state index contributed by atoms with van der Waals surface area (Å²) in [7, 11) is 1.82. The van der Waals surface area contributed by atoms with Crippen molar-refractivity contribution in [2.45, 2.75) is 33.4 Å². The Bertz CT molecular complexity index is 752. The number of carbonyl (C=O) groups is 1. The number of hydrogen-bond acceptors (Lipinski definition) is 6. The molecule has 3 rings (SSSR count). The van der Waals surface area contributed by atoms with E-state index in [0.29, 0.717) is 32.1 Å². The molecule has 0 bridgehead atoms. The highest BCUT2D eigenvalue weighted by molar-refractivity contribution is 5.91. The molecule has 0 aliphatic carbocycles. The lowest BCUT2D eigenvalue weighted by Crippen LogP contribution is -2.47. The smallest absolute Gasteiger partial charge is 0.239 e. The molecular weight excluding hydrogens is 322 g/mol. The second-order valence-electron chi connectivity index (χ2n) is 6.46. The Morgan fingerprint density at radius 2 is 2.16 bits per heavy atom. The first kappa shape index (κ1) is 17.6. The number of amides is 1. The fraction of sp³-hybridized carbons (Fsp3) is 0.625. The largest absolute Gasteiger partial charge is 0.374 e. The summed E-state index contributed by atoms with van der Waals surface area (Å²) < 4.78 is 9.36. The van der Waals surface area contributed by atoms with Gasteiger partial charge < -0.3 is 10.1 Å². The number of aryl methyl sites for hydroxylation is 4. The van der Waals surface area contributed by atoms with Crippen molar-refractivity contribution in [1.82, 2.24) is 29.4 Å². The summed E-state index contributed by atoms with van der Waals surface area (Å²) in [5.41, 5.74) is 0.878. The zero-order valence-electron chi connectivity index (χ0n) is 15.2. The molecule has 0 aromatic carbocycles. The van der Waals surface area contributed by atoms with Crippen LogP contribution in [0.1, 0.15) is 17.3 Å². The maximum atomic E-state index is 12.3. The summed E-state index contributed by atoms with van der Waals surface area (Å²) in [4.78, 5) is 18.7. The van der Waals surface area contributed by atoms with Gasteiger partial charge >= 0.3 is 0 Å². The molecule has 0 radical (unpaired) electrons. The highest BCUT2D eigenvalue weighted by Crippen LogP contribution is 2.11. The van der Waals surface area contributed by atoms with Gasteiger partial charge in [-0.15, -0.1) is 0 Å². The average Bonchev–Trinajstić information content (AvgIpc) is 3.00. The van der Waals surface area contributed by atoms with Crippen LogP contribution in [0.4, 0.5) is 5.82 Å². The second-order valence-corrected chi connectivity index (χ2v) is 6.46.